The lowest BCUT2D eigenvalue weighted by molar-refractivity contribution is -0.137. The fourth-order valence-corrected chi connectivity index (χ4v) is 9.66. The van der Waals surface area contributed by atoms with Crippen LogP contribution in [0.5, 0.6) is 0 Å². The lowest BCUT2D eigenvalue weighted by Gasteiger charge is -2.34. The molecule has 5 aromatic rings. The molecule has 0 spiro atoms. The second-order valence-electron chi connectivity index (χ2n) is 16.1. The van der Waals surface area contributed by atoms with E-state index in [0.29, 0.717) is 16.7 Å². The lowest BCUT2D eigenvalue weighted by atomic mass is 10.1. The largest absolute Gasteiger partial charge is 0.418 e. The molecule has 1 aromatic heterocycles. The molecule has 392 valence electrons. The summed E-state index contributed by atoms with van der Waals surface area (Å²) in [5, 5.41) is 8.57. The third-order valence-electron chi connectivity index (χ3n) is 11.1. The number of halogens is 10. The molecule has 0 unspecified atom stereocenters. The molecule has 3 heterocycles. The van der Waals surface area contributed by atoms with E-state index >= 15 is 0 Å². The van der Waals surface area contributed by atoms with E-state index in [1.54, 1.807) is 5.32 Å². The average molecular weight is 1080 g/mol. The van der Waals surface area contributed by atoms with E-state index in [1.165, 1.54) is 83.8 Å². The number of Topliss-reactive ketones (excluding diaryl/α,β-unsaturated/α-hetero) is 1. The van der Waals surface area contributed by atoms with Gasteiger partial charge in [-0.1, -0.05) is 60.7 Å². The van der Waals surface area contributed by atoms with Gasteiger partial charge in [0.1, 0.15) is 0 Å². The number of hydrogen-bond acceptors (Lipinski definition) is 11. The maximum absolute atomic E-state index is 13.7. The number of amides is 5. The molecule has 0 atom stereocenters. The molecule has 0 aliphatic carbocycles. The minimum Gasteiger partial charge on any atom is -0.415 e. The van der Waals surface area contributed by atoms with Gasteiger partial charge in [-0.25, -0.2) is 26.4 Å². The predicted octanol–water partition coefficient (Wildman–Crippen LogP) is 7.68. The monoisotopic (exact) mass is 1080 g/mol. The van der Waals surface area contributed by atoms with Gasteiger partial charge >= 0.3 is 37.3 Å². The highest BCUT2D eigenvalue weighted by Crippen LogP contribution is 2.39. The summed E-state index contributed by atoms with van der Waals surface area (Å²) in [6.45, 7) is -1.94. The lowest BCUT2D eigenvalue weighted by Crippen LogP contribution is -2.50. The van der Waals surface area contributed by atoms with Crippen molar-refractivity contribution < 1.29 is 84.3 Å². The van der Waals surface area contributed by atoms with Gasteiger partial charge in [0.15, 0.2) is 25.5 Å². The highest BCUT2D eigenvalue weighted by atomic mass is 32.2. The Morgan fingerprint density at radius 3 is 1.40 bits per heavy atom. The van der Waals surface area contributed by atoms with Gasteiger partial charge in [0.2, 0.25) is 5.89 Å². The first-order valence-electron chi connectivity index (χ1n) is 21.5. The number of sulfone groups is 2. The molecule has 4 aromatic carbocycles. The molecule has 5 amide bonds. The van der Waals surface area contributed by atoms with Crippen LogP contribution < -0.4 is 15.1 Å². The van der Waals surface area contributed by atoms with Gasteiger partial charge in [-0.05, 0) is 47.5 Å². The third kappa shape index (κ3) is 14.5. The van der Waals surface area contributed by atoms with Gasteiger partial charge in [0.25, 0.3) is 11.8 Å². The minimum atomic E-state index is -4.78. The number of para-hydroxylation sites is 2. The van der Waals surface area contributed by atoms with Crippen LogP contribution in [0.25, 0.3) is 11.5 Å². The number of alkyl halides is 10. The van der Waals surface area contributed by atoms with Crippen molar-refractivity contribution >= 4 is 54.8 Å². The molecule has 0 bridgehead atoms. The molecule has 73 heavy (non-hydrogen) atoms. The van der Waals surface area contributed by atoms with Crippen LogP contribution in [-0.4, -0.2) is 123 Å². The number of nitrogens with zero attached hydrogens (tertiary/aromatic N) is 6. The Morgan fingerprint density at radius 1 is 0.603 bits per heavy atom. The first kappa shape index (κ1) is 55.2. The van der Waals surface area contributed by atoms with E-state index in [-0.39, 0.29) is 79.4 Å². The van der Waals surface area contributed by atoms with E-state index in [2.05, 4.69) is 10.2 Å². The summed E-state index contributed by atoms with van der Waals surface area (Å²) < 4.78 is 184. The average Bonchev–Trinajstić information content (AvgIpc) is 3.85. The number of urea groups is 2. The van der Waals surface area contributed by atoms with Crippen molar-refractivity contribution in [2.45, 2.75) is 38.3 Å². The third-order valence-corrected chi connectivity index (χ3v) is 14.3. The number of aromatic nitrogens is 2. The van der Waals surface area contributed by atoms with E-state index in [0.717, 1.165) is 32.9 Å². The molecule has 2 aliphatic rings. The first-order valence-corrected chi connectivity index (χ1v) is 25.1. The van der Waals surface area contributed by atoms with Crippen LogP contribution in [0.2, 0.25) is 0 Å². The maximum Gasteiger partial charge on any atom is 0.418 e. The maximum atomic E-state index is 13.7. The van der Waals surface area contributed by atoms with Crippen molar-refractivity contribution in [1.29, 1.82) is 0 Å². The topological polar surface area (TPSA) is 200 Å². The van der Waals surface area contributed by atoms with E-state index in [4.69, 9.17) is 4.42 Å². The quantitative estimate of drug-likeness (QED) is 0.0950. The van der Waals surface area contributed by atoms with Gasteiger partial charge in [-0.2, -0.15) is 43.9 Å². The molecule has 16 nitrogen and oxygen atoms in total. The number of benzene rings is 4. The van der Waals surface area contributed by atoms with Crippen LogP contribution in [0.1, 0.15) is 44.9 Å². The Bertz CT molecular complexity index is 2990. The van der Waals surface area contributed by atoms with E-state index in [9.17, 15) is 79.9 Å². The fourth-order valence-electron chi connectivity index (χ4n) is 7.26. The Balaban J connectivity index is 0.000000238. The first-order chi connectivity index (χ1) is 34.2. The number of carbonyl (C=O) groups excluding carboxylic acids is 4. The smallest absolute Gasteiger partial charge is 0.415 e. The predicted molar refractivity (Wildman–Crippen MR) is 241 cm³/mol. The molecular formula is C45H41F10N7O9S2. The summed E-state index contributed by atoms with van der Waals surface area (Å²) in [6, 6.07) is 18.7. The zero-order valence-corrected chi connectivity index (χ0v) is 39.3. The number of anilines is 2. The van der Waals surface area contributed by atoms with Gasteiger partial charge in [0.05, 0.1) is 65.1 Å². The number of hydrogen-bond donors (Lipinski definition) is 1. The van der Waals surface area contributed by atoms with Crippen molar-refractivity contribution in [3.05, 3.63) is 131 Å². The van der Waals surface area contributed by atoms with Crippen molar-refractivity contribution in [2.75, 3.05) is 65.5 Å². The van der Waals surface area contributed by atoms with Gasteiger partial charge < -0.3 is 19.5 Å². The Kier molecular flexibility index (Phi) is 17.2. The summed E-state index contributed by atoms with van der Waals surface area (Å²) >= 11 is 0. The zero-order chi connectivity index (χ0) is 53.5. The number of ketones is 1. The van der Waals surface area contributed by atoms with Gasteiger partial charge in [-0.15, -0.1) is 10.2 Å². The molecular weight excluding hydrogens is 1040 g/mol. The van der Waals surface area contributed by atoms with Crippen LogP contribution in [0, 0.1) is 0 Å². The van der Waals surface area contributed by atoms with E-state index in [1.807, 2.05) is 0 Å². The van der Waals surface area contributed by atoms with Crippen LogP contribution >= 0.6 is 0 Å². The number of rotatable bonds is 12. The van der Waals surface area contributed by atoms with Crippen molar-refractivity contribution in [3.63, 3.8) is 0 Å². The van der Waals surface area contributed by atoms with Crippen LogP contribution in [0.3, 0.4) is 0 Å². The molecule has 2 saturated heterocycles. The highest BCUT2D eigenvalue weighted by Gasteiger charge is 2.39. The summed E-state index contributed by atoms with van der Waals surface area (Å²) in [6.07, 6.45) is -15.7. The van der Waals surface area contributed by atoms with Crippen molar-refractivity contribution in [2.24, 2.45) is 0 Å². The molecule has 0 saturated carbocycles. The number of nitrogens with one attached hydrogen (secondary N) is 1. The second kappa shape index (κ2) is 22.8. The number of carbonyl (C=O) groups is 4. The summed E-state index contributed by atoms with van der Waals surface area (Å²) in [5.41, 5.74) is -1.79. The summed E-state index contributed by atoms with van der Waals surface area (Å²) in [4.78, 5) is 53.9. The van der Waals surface area contributed by atoms with Crippen LogP contribution in [0.4, 0.5) is 64.9 Å². The van der Waals surface area contributed by atoms with Crippen LogP contribution in [0.15, 0.2) is 101 Å². The van der Waals surface area contributed by atoms with Crippen LogP contribution in [-0.2, 0) is 49.9 Å². The summed E-state index contributed by atoms with van der Waals surface area (Å²) in [5.74, 6) is -4.49. The Hall–Kier alpha value is -7.10. The molecule has 7 rings (SSSR count). The molecule has 2 fully saturated rings. The Labute approximate surface area is 409 Å². The minimum absolute atomic E-state index is 0.0492. The fraction of sp³-hybridized carbons (Fsp3) is 0.333. The molecule has 2 aliphatic heterocycles. The standard InChI is InChI=1S/C23H22F5N3O5S.C22H19F5N4O4S/c24-20(25)21(33)29-13-19(32)16-7-5-15(6-8-16)14-31(18-4-2-1-3-17(18)23(26,27)28)22(34)30-9-11-37(35,36)12-10-30;23-18(24)20-29-28-19(35-20)15-7-5-14(6-8-15)13-31(17-4-2-1-3-16(17)22(25,26)27)21(32)30-9-11-36(33,34)12-10-30/h1-8,20H,9-14H2,(H,29,33);1-8,18H,9-13H2. The van der Waals surface area contributed by atoms with E-state index < -0.39 is 97.9 Å². The van der Waals surface area contributed by atoms with Gasteiger partial charge in [0, 0.05) is 37.3 Å². The highest BCUT2D eigenvalue weighted by molar-refractivity contribution is 7.91. The SMILES string of the molecule is O=C(CNC(=O)C(F)F)c1ccc(CN(C(=O)N2CCS(=O)(=O)CC2)c2ccccc2C(F)(F)F)cc1.O=C(N1CCS(=O)(=O)CC1)N(Cc1ccc(-c2nnc(C(F)F)o2)cc1)c1ccccc1C(F)(F)F. The summed E-state index contributed by atoms with van der Waals surface area (Å²) in [7, 11) is -6.67. The second-order valence-corrected chi connectivity index (χ2v) is 20.7. The molecule has 28 heteroatoms. The zero-order valence-electron chi connectivity index (χ0n) is 37.6. The molecule has 0 radical (unpaired) electrons. The molecule has 1 N–H and O–H groups in total. The van der Waals surface area contributed by atoms with Crippen molar-refractivity contribution in [1.82, 2.24) is 25.3 Å². The Morgan fingerprint density at radius 2 is 1.01 bits per heavy atom. The normalized spacial score (nSPS) is 15.6. The van der Waals surface area contributed by atoms with Gasteiger partial charge in [-0.3, -0.25) is 19.4 Å². The van der Waals surface area contributed by atoms with Crippen molar-refractivity contribution in [3.8, 4) is 11.5 Å².